The summed E-state index contributed by atoms with van der Waals surface area (Å²) in [4.78, 5) is 18.8. The monoisotopic (exact) mass is 377 g/mol. The molecule has 0 saturated carbocycles. The van der Waals surface area contributed by atoms with Gasteiger partial charge in [0.15, 0.2) is 0 Å². The van der Waals surface area contributed by atoms with Gasteiger partial charge in [0.2, 0.25) is 17.6 Å². The Bertz CT molecular complexity index is 961. The standard InChI is InChI=1S/C22H23N3O3/c1-14(2)15-4-6-16(7-5-15)21-23-22(28-24-21)17-12-20(26)25(13-17)18-8-10-19(27-3)11-9-18/h4-11,14,17H,12-13H2,1-3H3. The van der Waals surface area contributed by atoms with Gasteiger partial charge in [0.05, 0.1) is 13.0 Å². The molecular weight excluding hydrogens is 354 g/mol. The summed E-state index contributed by atoms with van der Waals surface area (Å²) in [7, 11) is 1.62. The van der Waals surface area contributed by atoms with Crippen LogP contribution in [0.3, 0.4) is 0 Å². The first kappa shape index (κ1) is 18.2. The molecule has 0 aliphatic carbocycles. The third-order valence-corrected chi connectivity index (χ3v) is 5.14. The lowest BCUT2D eigenvalue weighted by atomic mass is 10.0. The van der Waals surface area contributed by atoms with Crippen LogP contribution in [-0.4, -0.2) is 29.7 Å². The van der Waals surface area contributed by atoms with Gasteiger partial charge in [-0.1, -0.05) is 43.3 Å². The zero-order valence-corrected chi connectivity index (χ0v) is 16.3. The smallest absolute Gasteiger partial charge is 0.232 e. The molecule has 6 nitrogen and oxygen atoms in total. The predicted octanol–water partition coefficient (Wildman–Crippen LogP) is 4.39. The number of ether oxygens (including phenoxy) is 1. The molecule has 1 aliphatic rings. The van der Waals surface area contributed by atoms with Gasteiger partial charge in [-0.25, -0.2) is 0 Å². The van der Waals surface area contributed by atoms with Gasteiger partial charge in [-0.15, -0.1) is 0 Å². The molecule has 1 unspecified atom stereocenters. The van der Waals surface area contributed by atoms with Crippen LogP contribution in [0.4, 0.5) is 5.69 Å². The van der Waals surface area contributed by atoms with E-state index >= 15 is 0 Å². The van der Waals surface area contributed by atoms with Crippen molar-refractivity contribution < 1.29 is 14.1 Å². The highest BCUT2D eigenvalue weighted by atomic mass is 16.5. The Morgan fingerprint density at radius 3 is 2.46 bits per heavy atom. The fourth-order valence-electron chi connectivity index (χ4n) is 3.42. The van der Waals surface area contributed by atoms with Crippen LogP contribution in [0.5, 0.6) is 5.75 Å². The lowest BCUT2D eigenvalue weighted by Crippen LogP contribution is -2.24. The van der Waals surface area contributed by atoms with Crippen molar-refractivity contribution in [1.82, 2.24) is 10.1 Å². The number of methoxy groups -OCH3 is 1. The van der Waals surface area contributed by atoms with Crippen molar-refractivity contribution in [2.24, 2.45) is 0 Å². The summed E-state index contributed by atoms with van der Waals surface area (Å²) >= 11 is 0. The maximum Gasteiger partial charge on any atom is 0.232 e. The minimum atomic E-state index is -0.106. The van der Waals surface area contributed by atoms with Gasteiger partial charge in [0.25, 0.3) is 0 Å². The molecule has 1 amide bonds. The summed E-state index contributed by atoms with van der Waals surface area (Å²) in [5.74, 6) is 2.25. The van der Waals surface area contributed by atoms with E-state index in [9.17, 15) is 4.79 Å². The molecule has 1 aromatic heterocycles. The molecule has 1 aliphatic heterocycles. The van der Waals surface area contributed by atoms with E-state index in [1.165, 1.54) is 5.56 Å². The zero-order valence-electron chi connectivity index (χ0n) is 16.3. The molecular formula is C22H23N3O3. The second kappa shape index (κ2) is 7.46. The van der Waals surface area contributed by atoms with Gasteiger partial charge in [-0.3, -0.25) is 4.79 Å². The van der Waals surface area contributed by atoms with Gasteiger partial charge in [-0.2, -0.15) is 4.98 Å². The van der Waals surface area contributed by atoms with Crippen molar-refractivity contribution in [3.05, 3.63) is 60.0 Å². The fraction of sp³-hybridized carbons (Fsp3) is 0.318. The fourth-order valence-corrected chi connectivity index (χ4v) is 3.42. The van der Waals surface area contributed by atoms with E-state index in [1.54, 1.807) is 12.0 Å². The normalized spacial score (nSPS) is 16.8. The molecule has 2 aromatic carbocycles. The maximum atomic E-state index is 12.5. The van der Waals surface area contributed by atoms with E-state index in [2.05, 4.69) is 36.1 Å². The highest BCUT2D eigenvalue weighted by Gasteiger charge is 2.35. The third-order valence-electron chi connectivity index (χ3n) is 5.14. The van der Waals surface area contributed by atoms with Gasteiger partial charge in [-0.05, 0) is 35.7 Å². The number of carbonyl (C=O) groups excluding carboxylic acids is 1. The molecule has 0 radical (unpaired) electrons. The van der Waals surface area contributed by atoms with Crippen molar-refractivity contribution in [1.29, 1.82) is 0 Å². The summed E-state index contributed by atoms with van der Waals surface area (Å²) < 4.78 is 10.7. The van der Waals surface area contributed by atoms with Crippen LogP contribution >= 0.6 is 0 Å². The van der Waals surface area contributed by atoms with E-state index in [4.69, 9.17) is 9.26 Å². The van der Waals surface area contributed by atoms with Crippen LogP contribution in [-0.2, 0) is 4.79 Å². The SMILES string of the molecule is COc1ccc(N2CC(c3nc(-c4ccc(C(C)C)cc4)no3)CC2=O)cc1. The van der Waals surface area contributed by atoms with E-state index in [0.717, 1.165) is 17.0 Å². The average molecular weight is 377 g/mol. The number of rotatable bonds is 5. The number of hydrogen-bond donors (Lipinski definition) is 0. The highest BCUT2D eigenvalue weighted by molar-refractivity contribution is 5.96. The van der Waals surface area contributed by atoms with E-state index in [-0.39, 0.29) is 11.8 Å². The molecule has 1 atom stereocenters. The van der Waals surface area contributed by atoms with E-state index in [1.807, 2.05) is 36.4 Å². The molecule has 2 heterocycles. The predicted molar refractivity (Wildman–Crippen MR) is 107 cm³/mol. The van der Waals surface area contributed by atoms with Crippen LogP contribution in [0.2, 0.25) is 0 Å². The number of carbonyl (C=O) groups is 1. The lowest BCUT2D eigenvalue weighted by molar-refractivity contribution is -0.117. The number of aromatic nitrogens is 2. The summed E-state index contributed by atoms with van der Waals surface area (Å²) in [6.07, 6.45) is 0.361. The van der Waals surface area contributed by atoms with Crippen LogP contribution in [0.15, 0.2) is 53.1 Å². The van der Waals surface area contributed by atoms with Crippen molar-refractivity contribution in [2.45, 2.75) is 32.1 Å². The van der Waals surface area contributed by atoms with E-state index < -0.39 is 0 Å². The summed E-state index contributed by atoms with van der Waals surface area (Å²) in [5.41, 5.74) is 3.03. The van der Waals surface area contributed by atoms with Crippen molar-refractivity contribution in [3.63, 3.8) is 0 Å². The summed E-state index contributed by atoms with van der Waals surface area (Å²) in [6, 6.07) is 15.6. The Hall–Kier alpha value is -3.15. The molecule has 3 aromatic rings. The molecule has 1 saturated heterocycles. The van der Waals surface area contributed by atoms with Gasteiger partial charge < -0.3 is 14.2 Å². The van der Waals surface area contributed by atoms with Gasteiger partial charge in [0.1, 0.15) is 5.75 Å². The molecule has 6 heteroatoms. The number of hydrogen-bond acceptors (Lipinski definition) is 5. The number of amides is 1. The Morgan fingerprint density at radius 2 is 1.82 bits per heavy atom. The topological polar surface area (TPSA) is 68.5 Å². The second-order valence-electron chi connectivity index (χ2n) is 7.34. The lowest BCUT2D eigenvalue weighted by Gasteiger charge is -2.16. The van der Waals surface area contributed by atoms with Crippen LogP contribution in [0, 0.1) is 0 Å². The van der Waals surface area contributed by atoms with Gasteiger partial charge in [0, 0.05) is 24.2 Å². The Balaban J connectivity index is 1.50. The van der Waals surface area contributed by atoms with Crippen molar-refractivity contribution >= 4 is 11.6 Å². The minimum absolute atomic E-state index is 0.0520. The second-order valence-corrected chi connectivity index (χ2v) is 7.34. The van der Waals surface area contributed by atoms with E-state index in [0.29, 0.717) is 30.6 Å². The Kier molecular flexibility index (Phi) is 4.86. The van der Waals surface area contributed by atoms with Crippen molar-refractivity contribution in [3.8, 4) is 17.1 Å². The molecule has 4 rings (SSSR count). The molecule has 1 fully saturated rings. The first-order chi connectivity index (χ1) is 13.5. The van der Waals surface area contributed by atoms with Gasteiger partial charge >= 0.3 is 0 Å². The highest BCUT2D eigenvalue weighted by Crippen LogP contribution is 2.32. The molecule has 28 heavy (non-hydrogen) atoms. The average Bonchev–Trinajstić information content (AvgIpc) is 3.35. The molecule has 0 bridgehead atoms. The largest absolute Gasteiger partial charge is 0.497 e. The molecule has 0 N–H and O–H groups in total. The molecule has 144 valence electrons. The first-order valence-corrected chi connectivity index (χ1v) is 9.43. The number of anilines is 1. The number of benzene rings is 2. The number of nitrogens with zero attached hydrogens (tertiary/aromatic N) is 3. The quantitative estimate of drug-likeness (QED) is 0.660. The maximum absolute atomic E-state index is 12.5. The minimum Gasteiger partial charge on any atom is -0.497 e. The molecule has 0 spiro atoms. The summed E-state index contributed by atoms with van der Waals surface area (Å²) in [6.45, 7) is 4.85. The third kappa shape index (κ3) is 3.50. The van der Waals surface area contributed by atoms with Crippen LogP contribution in [0.25, 0.3) is 11.4 Å². The summed E-state index contributed by atoms with van der Waals surface area (Å²) in [5, 5.41) is 4.12. The first-order valence-electron chi connectivity index (χ1n) is 9.43. The van der Waals surface area contributed by atoms with Crippen LogP contribution < -0.4 is 9.64 Å². The Morgan fingerprint density at radius 1 is 1.11 bits per heavy atom. The Labute approximate surface area is 164 Å². The van der Waals surface area contributed by atoms with Crippen LogP contribution in [0.1, 0.15) is 43.6 Å². The zero-order chi connectivity index (χ0) is 19.7. The van der Waals surface area contributed by atoms with Crippen molar-refractivity contribution in [2.75, 3.05) is 18.6 Å².